The summed E-state index contributed by atoms with van der Waals surface area (Å²) < 4.78 is 26.7. The molecular weight excluding hydrogens is 326 g/mol. The first-order valence-corrected chi connectivity index (χ1v) is 7.50. The van der Waals surface area contributed by atoms with Gasteiger partial charge in [-0.2, -0.15) is 0 Å². The van der Waals surface area contributed by atoms with Crippen LogP contribution in [-0.2, 0) is 11.2 Å². The number of carbonyl (C=O) groups is 1. The summed E-state index contributed by atoms with van der Waals surface area (Å²) in [5, 5.41) is 13.2. The fourth-order valence-corrected chi connectivity index (χ4v) is 2.18. The lowest BCUT2D eigenvalue weighted by atomic mass is 10.1. The highest BCUT2D eigenvalue weighted by Gasteiger charge is 2.09. The molecule has 0 saturated carbocycles. The fourth-order valence-electron chi connectivity index (χ4n) is 2.18. The second-order valence-electron chi connectivity index (χ2n) is 5.26. The Morgan fingerprint density at radius 1 is 0.920 bits per heavy atom. The first kappa shape index (κ1) is 16.5. The van der Waals surface area contributed by atoms with Crippen LogP contribution >= 0.6 is 0 Å². The average molecular weight is 340 g/mol. The van der Waals surface area contributed by atoms with Crippen LogP contribution in [0.1, 0.15) is 5.56 Å². The van der Waals surface area contributed by atoms with E-state index in [4.69, 9.17) is 0 Å². The summed E-state index contributed by atoms with van der Waals surface area (Å²) in [5.74, 6) is -0.553. The van der Waals surface area contributed by atoms with Crippen LogP contribution in [-0.4, -0.2) is 16.1 Å². The lowest BCUT2D eigenvalue weighted by molar-refractivity contribution is -0.115. The summed E-state index contributed by atoms with van der Waals surface area (Å²) in [4.78, 5) is 11.9. The molecule has 3 aromatic rings. The molecule has 1 amide bonds. The van der Waals surface area contributed by atoms with E-state index in [0.717, 1.165) is 0 Å². The predicted octanol–water partition coefficient (Wildman–Crippen LogP) is 3.68. The van der Waals surface area contributed by atoms with Crippen molar-refractivity contribution in [3.63, 3.8) is 0 Å². The number of rotatable bonds is 5. The Bertz CT molecular complexity index is 884. The van der Waals surface area contributed by atoms with E-state index >= 15 is 0 Å². The Morgan fingerprint density at radius 3 is 2.40 bits per heavy atom. The van der Waals surface area contributed by atoms with Crippen LogP contribution in [0.2, 0.25) is 0 Å². The Labute approximate surface area is 142 Å². The Balaban J connectivity index is 1.60. The quantitative estimate of drug-likeness (QED) is 0.743. The molecule has 0 bridgehead atoms. The predicted molar refractivity (Wildman–Crippen MR) is 90.4 cm³/mol. The summed E-state index contributed by atoms with van der Waals surface area (Å²) in [6, 6.07) is 15.1. The number of aromatic nitrogens is 2. The number of nitrogens with zero attached hydrogens (tertiary/aromatic N) is 2. The van der Waals surface area contributed by atoms with Crippen LogP contribution in [0.5, 0.6) is 0 Å². The van der Waals surface area contributed by atoms with E-state index in [1.54, 1.807) is 42.5 Å². The SMILES string of the molecule is O=C(Cc1ccccc1F)Nc1ccc(Nc2cccc(F)c2)nn1. The van der Waals surface area contributed by atoms with E-state index in [1.165, 1.54) is 18.2 Å². The molecule has 0 aliphatic heterocycles. The lowest BCUT2D eigenvalue weighted by Crippen LogP contribution is -2.16. The van der Waals surface area contributed by atoms with Crippen molar-refractivity contribution in [3.8, 4) is 0 Å². The highest BCUT2D eigenvalue weighted by Crippen LogP contribution is 2.16. The Hall–Kier alpha value is -3.35. The van der Waals surface area contributed by atoms with Gasteiger partial charge in [0.15, 0.2) is 11.6 Å². The van der Waals surface area contributed by atoms with Crippen molar-refractivity contribution >= 4 is 23.2 Å². The number of hydrogen-bond donors (Lipinski definition) is 2. The third-order valence-electron chi connectivity index (χ3n) is 3.34. The van der Waals surface area contributed by atoms with E-state index in [9.17, 15) is 13.6 Å². The summed E-state index contributed by atoms with van der Waals surface area (Å²) in [5.41, 5.74) is 0.836. The molecule has 2 N–H and O–H groups in total. The largest absolute Gasteiger partial charge is 0.339 e. The van der Waals surface area contributed by atoms with Crippen molar-refractivity contribution in [1.82, 2.24) is 10.2 Å². The summed E-state index contributed by atoms with van der Waals surface area (Å²) in [6.07, 6.45) is -0.0996. The van der Waals surface area contributed by atoms with Crippen molar-refractivity contribution < 1.29 is 13.6 Å². The zero-order valence-electron chi connectivity index (χ0n) is 13.0. The molecule has 2 aromatic carbocycles. The monoisotopic (exact) mass is 340 g/mol. The van der Waals surface area contributed by atoms with Gasteiger partial charge in [-0.3, -0.25) is 4.79 Å². The molecule has 0 spiro atoms. The molecule has 0 unspecified atom stereocenters. The fraction of sp³-hybridized carbons (Fsp3) is 0.0556. The van der Waals surface area contributed by atoms with Gasteiger partial charge in [-0.1, -0.05) is 24.3 Å². The second kappa shape index (κ2) is 7.48. The summed E-state index contributed by atoms with van der Waals surface area (Å²) in [7, 11) is 0. The van der Waals surface area contributed by atoms with Crippen molar-refractivity contribution in [1.29, 1.82) is 0 Å². The van der Waals surface area contributed by atoms with Gasteiger partial charge in [0.05, 0.1) is 6.42 Å². The molecule has 7 heteroatoms. The molecule has 0 radical (unpaired) electrons. The standard InChI is InChI=1S/C18H14F2N4O/c19-13-5-3-6-14(11-13)21-16-8-9-17(24-23-16)22-18(25)10-12-4-1-2-7-15(12)20/h1-9,11H,10H2,(H,21,23)(H,22,24,25). The number of nitrogens with one attached hydrogen (secondary N) is 2. The van der Waals surface area contributed by atoms with Crippen LogP contribution in [0.3, 0.4) is 0 Å². The van der Waals surface area contributed by atoms with Gasteiger partial charge in [0, 0.05) is 5.69 Å². The van der Waals surface area contributed by atoms with Crippen molar-refractivity contribution in [2.75, 3.05) is 10.6 Å². The van der Waals surface area contributed by atoms with Gasteiger partial charge in [0.25, 0.3) is 0 Å². The van der Waals surface area contributed by atoms with Crippen LogP contribution < -0.4 is 10.6 Å². The number of halogens is 2. The lowest BCUT2D eigenvalue weighted by Gasteiger charge is -2.07. The van der Waals surface area contributed by atoms with E-state index in [2.05, 4.69) is 20.8 Å². The molecule has 0 atom stereocenters. The van der Waals surface area contributed by atoms with Crippen LogP contribution in [0, 0.1) is 11.6 Å². The second-order valence-corrected chi connectivity index (χ2v) is 5.26. The number of benzene rings is 2. The number of carbonyl (C=O) groups excluding carboxylic acids is 1. The maximum absolute atomic E-state index is 13.5. The maximum Gasteiger partial charge on any atom is 0.230 e. The van der Waals surface area contributed by atoms with Gasteiger partial charge in [0.1, 0.15) is 11.6 Å². The van der Waals surface area contributed by atoms with Crippen LogP contribution in [0.4, 0.5) is 26.1 Å². The van der Waals surface area contributed by atoms with E-state index < -0.39 is 11.7 Å². The smallest absolute Gasteiger partial charge is 0.230 e. The van der Waals surface area contributed by atoms with Crippen LogP contribution in [0.15, 0.2) is 60.7 Å². The van der Waals surface area contributed by atoms with Crippen molar-refractivity contribution in [2.24, 2.45) is 0 Å². The van der Waals surface area contributed by atoms with Gasteiger partial charge < -0.3 is 10.6 Å². The molecule has 5 nitrogen and oxygen atoms in total. The average Bonchev–Trinajstić information content (AvgIpc) is 2.59. The molecule has 25 heavy (non-hydrogen) atoms. The normalized spacial score (nSPS) is 10.3. The minimum atomic E-state index is -0.432. The van der Waals surface area contributed by atoms with Gasteiger partial charge in [-0.25, -0.2) is 8.78 Å². The number of amides is 1. The Kier molecular flexibility index (Phi) is 4.94. The summed E-state index contributed by atoms with van der Waals surface area (Å²) in [6.45, 7) is 0. The number of hydrogen-bond acceptors (Lipinski definition) is 4. The molecule has 3 rings (SSSR count). The van der Waals surface area contributed by atoms with E-state index in [0.29, 0.717) is 17.1 Å². The summed E-state index contributed by atoms with van der Waals surface area (Å²) >= 11 is 0. The topological polar surface area (TPSA) is 66.9 Å². The molecular formula is C18H14F2N4O. The van der Waals surface area contributed by atoms with Crippen molar-refractivity contribution in [2.45, 2.75) is 6.42 Å². The molecule has 0 aliphatic rings. The highest BCUT2D eigenvalue weighted by molar-refractivity contribution is 5.91. The zero-order chi connectivity index (χ0) is 17.6. The van der Waals surface area contributed by atoms with Crippen LogP contribution in [0.25, 0.3) is 0 Å². The van der Waals surface area contributed by atoms with Gasteiger partial charge in [0.2, 0.25) is 5.91 Å². The number of anilines is 3. The zero-order valence-corrected chi connectivity index (χ0v) is 13.0. The molecule has 0 fully saturated rings. The Morgan fingerprint density at radius 2 is 1.68 bits per heavy atom. The minimum absolute atomic E-state index is 0.0996. The maximum atomic E-state index is 13.5. The van der Waals surface area contributed by atoms with Gasteiger partial charge in [-0.15, -0.1) is 10.2 Å². The molecule has 126 valence electrons. The highest BCUT2D eigenvalue weighted by atomic mass is 19.1. The molecule has 1 heterocycles. The first-order valence-electron chi connectivity index (χ1n) is 7.50. The molecule has 0 aliphatic carbocycles. The van der Waals surface area contributed by atoms with Gasteiger partial charge in [-0.05, 0) is 42.0 Å². The minimum Gasteiger partial charge on any atom is -0.339 e. The van der Waals surface area contributed by atoms with Gasteiger partial charge >= 0.3 is 0 Å². The van der Waals surface area contributed by atoms with Crippen molar-refractivity contribution in [3.05, 3.63) is 77.9 Å². The molecule has 0 saturated heterocycles. The van der Waals surface area contributed by atoms with E-state index in [1.807, 2.05) is 0 Å². The third kappa shape index (κ3) is 4.57. The van der Waals surface area contributed by atoms with E-state index in [-0.39, 0.29) is 18.1 Å². The first-order chi connectivity index (χ1) is 12.1. The third-order valence-corrected chi connectivity index (χ3v) is 3.34. The molecule has 1 aromatic heterocycles.